The van der Waals surface area contributed by atoms with Crippen molar-refractivity contribution in [3.8, 4) is 5.75 Å². The summed E-state index contributed by atoms with van der Waals surface area (Å²) in [6, 6.07) is 8.48. The highest BCUT2D eigenvalue weighted by Crippen LogP contribution is 2.36. The van der Waals surface area contributed by atoms with Crippen molar-refractivity contribution in [2.24, 2.45) is 5.84 Å². The van der Waals surface area contributed by atoms with Crippen molar-refractivity contribution in [2.45, 2.75) is 56.1 Å². The van der Waals surface area contributed by atoms with E-state index in [1.54, 1.807) is 0 Å². The fourth-order valence-corrected chi connectivity index (χ4v) is 3.48. The smallest absolute Gasteiger partial charge is 0.133 e. The second kappa shape index (κ2) is 7.78. The van der Waals surface area contributed by atoms with Crippen LogP contribution >= 0.6 is 11.8 Å². The minimum atomic E-state index is 0.173. The van der Waals surface area contributed by atoms with Gasteiger partial charge in [-0.3, -0.25) is 11.3 Å². The summed E-state index contributed by atoms with van der Waals surface area (Å²) in [5, 5.41) is 0. The summed E-state index contributed by atoms with van der Waals surface area (Å²) in [5.41, 5.74) is 2.94. The molecule has 3 N–H and O–H groups in total. The van der Waals surface area contributed by atoms with Gasteiger partial charge in [0.05, 0.1) is 6.04 Å². The van der Waals surface area contributed by atoms with Crippen molar-refractivity contribution in [1.29, 1.82) is 0 Å². The predicted octanol–water partition coefficient (Wildman–Crippen LogP) is 3.34. The van der Waals surface area contributed by atoms with Gasteiger partial charge in [0.15, 0.2) is 0 Å². The van der Waals surface area contributed by atoms with Gasteiger partial charge in [-0.15, -0.1) is 11.8 Å². The Balaban J connectivity index is 1.87. The number of hydrazine groups is 1. The largest absolute Gasteiger partial charge is 0.487 e. The Morgan fingerprint density at radius 2 is 2.21 bits per heavy atom. The Morgan fingerprint density at radius 3 is 3.00 bits per heavy atom. The quantitative estimate of drug-likeness (QED) is 0.457. The fourth-order valence-electron chi connectivity index (χ4n) is 2.40. The first kappa shape index (κ1) is 14.7. The zero-order valence-corrected chi connectivity index (χ0v) is 12.4. The molecule has 0 radical (unpaired) electrons. The Labute approximate surface area is 120 Å². The zero-order chi connectivity index (χ0) is 13.5. The van der Waals surface area contributed by atoms with Gasteiger partial charge >= 0.3 is 0 Å². The average Bonchev–Trinajstić information content (AvgIpc) is 2.47. The number of para-hydroxylation sites is 1. The third-order valence-corrected chi connectivity index (χ3v) is 4.71. The van der Waals surface area contributed by atoms with Crippen LogP contribution < -0.4 is 16.0 Å². The highest BCUT2D eigenvalue weighted by atomic mass is 32.2. The molecule has 19 heavy (non-hydrogen) atoms. The van der Waals surface area contributed by atoms with Gasteiger partial charge in [-0.2, -0.15) is 0 Å². The molecule has 1 heterocycles. The molecule has 0 fully saturated rings. The normalized spacial score (nSPS) is 19.6. The van der Waals surface area contributed by atoms with Gasteiger partial charge in [0.1, 0.15) is 11.9 Å². The average molecular weight is 280 g/mol. The van der Waals surface area contributed by atoms with Crippen molar-refractivity contribution in [1.82, 2.24) is 5.43 Å². The van der Waals surface area contributed by atoms with Crippen LogP contribution in [0.4, 0.5) is 0 Å². The number of rotatable bonds is 7. The van der Waals surface area contributed by atoms with E-state index in [1.165, 1.54) is 30.6 Å². The van der Waals surface area contributed by atoms with E-state index in [0.717, 1.165) is 17.9 Å². The SMILES string of the molecule is CCCCCCC(NN)C1CSc2ccccc2O1. The second-order valence-electron chi connectivity index (χ2n) is 5.04. The molecule has 1 aromatic rings. The van der Waals surface area contributed by atoms with Crippen molar-refractivity contribution < 1.29 is 4.74 Å². The van der Waals surface area contributed by atoms with E-state index < -0.39 is 0 Å². The van der Waals surface area contributed by atoms with Crippen LogP contribution in [0.3, 0.4) is 0 Å². The highest BCUT2D eigenvalue weighted by molar-refractivity contribution is 7.99. The summed E-state index contributed by atoms with van der Waals surface area (Å²) >= 11 is 1.86. The predicted molar refractivity (Wildman–Crippen MR) is 81.5 cm³/mol. The van der Waals surface area contributed by atoms with Gasteiger partial charge in [0, 0.05) is 10.6 Å². The van der Waals surface area contributed by atoms with Gasteiger partial charge in [-0.05, 0) is 18.6 Å². The number of ether oxygens (including phenoxy) is 1. The molecular weight excluding hydrogens is 256 g/mol. The van der Waals surface area contributed by atoms with Gasteiger partial charge in [0.2, 0.25) is 0 Å². The van der Waals surface area contributed by atoms with Gasteiger partial charge < -0.3 is 4.74 Å². The van der Waals surface area contributed by atoms with E-state index in [2.05, 4.69) is 24.5 Å². The van der Waals surface area contributed by atoms with Crippen LogP contribution in [0.2, 0.25) is 0 Å². The third kappa shape index (κ3) is 4.13. The first-order valence-corrected chi connectivity index (χ1v) is 8.18. The second-order valence-corrected chi connectivity index (χ2v) is 6.10. The maximum absolute atomic E-state index is 6.08. The number of unbranched alkanes of at least 4 members (excludes halogenated alkanes) is 3. The lowest BCUT2D eigenvalue weighted by Gasteiger charge is -2.31. The van der Waals surface area contributed by atoms with Crippen LogP contribution in [0, 0.1) is 0 Å². The summed E-state index contributed by atoms with van der Waals surface area (Å²) in [4.78, 5) is 1.24. The summed E-state index contributed by atoms with van der Waals surface area (Å²) < 4.78 is 6.08. The van der Waals surface area contributed by atoms with Crippen LogP contribution in [-0.4, -0.2) is 17.9 Å². The van der Waals surface area contributed by atoms with E-state index in [4.69, 9.17) is 10.6 Å². The standard InChI is InChI=1S/C15H24N2OS/c1-2-3-4-5-8-12(17-16)14-11-19-15-10-7-6-9-13(15)18-14/h6-7,9-10,12,14,17H,2-5,8,11,16H2,1H3. The van der Waals surface area contributed by atoms with Gasteiger partial charge in [0.25, 0.3) is 0 Å². The summed E-state index contributed by atoms with van der Waals surface area (Å²) in [7, 11) is 0. The van der Waals surface area contributed by atoms with Crippen LogP contribution in [-0.2, 0) is 0 Å². The van der Waals surface area contributed by atoms with Crippen molar-refractivity contribution in [2.75, 3.05) is 5.75 Å². The van der Waals surface area contributed by atoms with E-state index in [1.807, 2.05) is 23.9 Å². The van der Waals surface area contributed by atoms with E-state index >= 15 is 0 Å². The minimum absolute atomic E-state index is 0.173. The van der Waals surface area contributed by atoms with Crippen LogP contribution in [0.5, 0.6) is 5.75 Å². The van der Waals surface area contributed by atoms with Crippen molar-refractivity contribution in [3.63, 3.8) is 0 Å². The number of thioether (sulfide) groups is 1. The topological polar surface area (TPSA) is 47.3 Å². The molecule has 0 amide bonds. The highest BCUT2D eigenvalue weighted by Gasteiger charge is 2.26. The van der Waals surface area contributed by atoms with Crippen LogP contribution in [0.1, 0.15) is 39.0 Å². The van der Waals surface area contributed by atoms with E-state index in [9.17, 15) is 0 Å². The van der Waals surface area contributed by atoms with Crippen molar-refractivity contribution >= 4 is 11.8 Å². The number of hydrogen-bond donors (Lipinski definition) is 2. The molecule has 2 unspecified atom stereocenters. The van der Waals surface area contributed by atoms with Crippen LogP contribution in [0.25, 0.3) is 0 Å². The molecule has 0 aliphatic carbocycles. The lowest BCUT2D eigenvalue weighted by Crippen LogP contribution is -2.48. The maximum Gasteiger partial charge on any atom is 0.133 e. The Hall–Kier alpha value is -0.710. The molecule has 1 aliphatic heterocycles. The maximum atomic E-state index is 6.08. The minimum Gasteiger partial charge on any atom is -0.487 e. The molecule has 3 nitrogen and oxygen atoms in total. The Bertz CT molecular complexity index is 386. The zero-order valence-electron chi connectivity index (χ0n) is 11.6. The summed E-state index contributed by atoms with van der Waals surface area (Å²) in [5.74, 6) is 7.67. The Kier molecular flexibility index (Phi) is 6.01. The first-order chi connectivity index (χ1) is 9.35. The molecule has 4 heteroatoms. The van der Waals surface area contributed by atoms with Crippen molar-refractivity contribution in [3.05, 3.63) is 24.3 Å². The lowest BCUT2D eigenvalue weighted by atomic mass is 10.0. The summed E-state index contributed by atoms with van der Waals surface area (Å²) in [6.07, 6.45) is 6.33. The molecule has 2 rings (SSSR count). The lowest BCUT2D eigenvalue weighted by molar-refractivity contribution is 0.159. The first-order valence-electron chi connectivity index (χ1n) is 7.19. The third-order valence-electron chi connectivity index (χ3n) is 3.56. The number of hydrogen-bond acceptors (Lipinski definition) is 4. The molecule has 0 saturated heterocycles. The van der Waals surface area contributed by atoms with Crippen LogP contribution in [0.15, 0.2) is 29.2 Å². The number of nitrogens with one attached hydrogen (secondary N) is 1. The summed E-state index contributed by atoms with van der Waals surface area (Å²) in [6.45, 7) is 2.23. The monoisotopic (exact) mass is 280 g/mol. The molecule has 0 spiro atoms. The molecule has 1 aliphatic rings. The molecule has 1 aromatic carbocycles. The molecule has 106 valence electrons. The fraction of sp³-hybridized carbons (Fsp3) is 0.600. The molecule has 0 bridgehead atoms. The Morgan fingerprint density at radius 1 is 1.37 bits per heavy atom. The number of nitrogens with two attached hydrogens (primary N) is 1. The van der Waals surface area contributed by atoms with Gasteiger partial charge in [-0.1, -0.05) is 44.7 Å². The van der Waals surface area contributed by atoms with E-state index in [0.29, 0.717) is 0 Å². The number of benzene rings is 1. The molecule has 2 atom stereocenters. The molecule has 0 saturated carbocycles. The number of fused-ring (bicyclic) bond motifs is 1. The van der Waals surface area contributed by atoms with E-state index in [-0.39, 0.29) is 12.1 Å². The molecular formula is C15H24N2OS. The molecule has 0 aromatic heterocycles. The van der Waals surface area contributed by atoms with Gasteiger partial charge in [-0.25, -0.2) is 0 Å².